The first kappa shape index (κ1) is 10.7. The molecule has 0 aliphatic heterocycles. The normalized spacial score (nSPS) is 10.2. The highest BCUT2D eigenvalue weighted by Gasteiger charge is 1.99. The van der Waals surface area contributed by atoms with Gasteiger partial charge in [0.15, 0.2) is 0 Å². The molecule has 0 spiro atoms. The van der Waals surface area contributed by atoms with Crippen molar-refractivity contribution >= 4 is 27.3 Å². The number of para-hydroxylation sites is 1. The number of rotatable bonds is 4. The lowest BCUT2D eigenvalue weighted by Gasteiger charge is -2.06. The highest BCUT2D eigenvalue weighted by molar-refractivity contribution is 9.10. The molecule has 78 valence electrons. The summed E-state index contributed by atoms with van der Waals surface area (Å²) in [5.74, 6) is 0.910. The minimum absolute atomic E-state index is 0.722. The van der Waals surface area contributed by atoms with Gasteiger partial charge in [0.2, 0.25) is 0 Å². The minimum Gasteiger partial charge on any atom is -0.492 e. The predicted octanol–water partition coefficient (Wildman–Crippen LogP) is 4.13. The Morgan fingerprint density at radius 2 is 2.07 bits per heavy atom. The van der Waals surface area contributed by atoms with E-state index in [4.69, 9.17) is 4.74 Å². The number of halogens is 1. The Labute approximate surface area is 102 Å². The number of thiophene rings is 1. The molecule has 0 saturated heterocycles. The van der Waals surface area contributed by atoms with E-state index in [9.17, 15) is 0 Å². The zero-order chi connectivity index (χ0) is 10.5. The van der Waals surface area contributed by atoms with Crippen LogP contribution in [0.15, 0.2) is 45.6 Å². The van der Waals surface area contributed by atoms with E-state index in [-0.39, 0.29) is 0 Å². The quantitative estimate of drug-likeness (QED) is 0.819. The maximum absolute atomic E-state index is 5.67. The van der Waals surface area contributed by atoms with Crippen molar-refractivity contribution in [2.75, 3.05) is 6.61 Å². The number of benzene rings is 1. The third-order valence-corrected chi connectivity index (χ3v) is 3.45. The fourth-order valence-electron chi connectivity index (χ4n) is 1.28. The average Bonchev–Trinajstić information content (AvgIpc) is 2.74. The lowest BCUT2D eigenvalue weighted by molar-refractivity contribution is 0.320. The van der Waals surface area contributed by atoms with Crippen molar-refractivity contribution in [3.63, 3.8) is 0 Å². The van der Waals surface area contributed by atoms with Gasteiger partial charge < -0.3 is 4.74 Å². The van der Waals surface area contributed by atoms with Crippen molar-refractivity contribution in [1.29, 1.82) is 0 Å². The van der Waals surface area contributed by atoms with Crippen molar-refractivity contribution in [3.8, 4) is 5.75 Å². The number of hydrogen-bond acceptors (Lipinski definition) is 2. The third-order valence-electron chi connectivity index (χ3n) is 2.07. The van der Waals surface area contributed by atoms with E-state index in [0.29, 0.717) is 0 Å². The second kappa shape index (κ2) is 5.33. The van der Waals surface area contributed by atoms with Gasteiger partial charge in [-0.15, -0.1) is 0 Å². The van der Waals surface area contributed by atoms with Crippen LogP contribution in [0.4, 0.5) is 0 Å². The summed E-state index contributed by atoms with van der Waals surface area (Å²) < 4.78 is 6.68. The van der Waals surface area contributed by atoms with Gasteiger partial charge in [0.25, 0.3) is 0 Å². The molecule has 0 saturated carbocycles. The summed E-state index contributed by atoms with van der Waals surface area (Å²) >= 11 is 5.18. The largest absolute Gasteiger partial charge is 0.492 e. The molecule has 0 radical (unpaired) electrons. The van der Waals surface area contributed by atoms with Crippen LogP contribution in [0.2, 0.25) is 0 Å². The molecule has 1 aromatic heterocycles. The smallest absolute Gasteiger partial charge is 0.133 e. The highest BCUT2D eigenvalue weighted by atomic mass is 79.9. The summed E-state index contributed by atoms with van der Waals surface area (Å²) in [6.07, 6.45) is 0.963. The van der Waals surface area contributed by atoms with Crippen molar-refractivity contribution < 1.29 is 4.74 Å². The van der Waals surface area contributed by atoms with Gasteiger partial charge in [-0.3, -0.25) is 0 Å². The molecule has 3 heteroatoms. The van der Waals surface area contributed by atoms with Crippen molar-refractivity contribution in [3.05, 3.63) is 51.1 Å². The van der Waals surface area contributed by atoms with Crippen LogP contribution in [0.3, 0.4) is 0 Å². The maximum Gasteiger partial charge on any atom is 0.133 e. The predicted molar refractivity (Wildman–Crippen MR) is 67.7 cm³/mol. The van der Waals surface area contributed by atoms with Gasteiger partial charge in [0.1, 0.15) is 5.75 Å². The second-order valence-electron chi connectivity index (χ2n) is 3.16. The molecule has 0 bridgehead atoms. The lowest BCUT2D eigenvalue weighted by Crippen LogP contribution is -2.00. The summed E-state index contributed by atoms with van der Waals surface area (Å²) in [7, 11) is 0. The summed E-state index contributed by atoms with van der Waals surface area (Å²) in [6, 6.07) is 10.0. The molecule has 15 heavy (non-hydrogen) atoms. The molecule has 0 unspecified atom stereocenters. The minimum atomic E-state index is 0.722. The molecular formula is C12H11BrOS. The summed E-state index contributed by atoms with van der Waals surface area (Å²) in [4.78, 5) is 0. The van der Waals surface area contributed by atoms with Crippen molar-refractivity contribution in [2.45, 2.75) is 6.42 Å². The van der Waals surface area contributed by atoms with E-state index < -0.39 is 0 Å². The lowest BCUT2D eigenvalue weighted by atomic mass is 10.2. The SMILES string of the molecule is Brc1ccccc1OCCc1ccsc1. The van der Waals surface area contributed by atoms with E-state index in [0.717, 1.165) is 23.2 Å². The summed E-state index contributed by atoms with van der Waals surface area (Å²) in [6.45, 7) is 0.722. The molecule has 2 rings (SSSR count). The van der Waals surface area contributed by atoms with E-state index in [1.807, 2.05) is 24.3 Å². The highest BCUT2D eigenvalue weighted by Crippen LogP contribution is 2.23. The Kier molecular flexibility index (Phi) is 3.80. The molecule has 0 aliphatic carbocycles. The standard InChI is InChI=1S/C12H11BrOS/c13-11-3-1-2-4-12(11)14-7-5-10-6-8-15-9-10/h1-4,6,8-9H,5,7H2. The fourth-order valence-corrected chi connectivity index (χ4v) is 2.38. The first-order valence-corrected chi connectivity index (χ1v) is 6.48. The van der Waals surface area contributed by atoms with Crippen LogP contribution < -0.4 is 4.74 Å². The van der Waals surface area contributed by atoms with Crippen molar-refractivity contribution in [2.24, 2.45) is 0 Å². The van der Waals surface area contributed by atoms with Gasteiger partial charge >= 0.3 is 0 Å². The number of hydrogen-bond donors (Lipinski definition) is 0. The molecule has 1 aromatic carbocycles. The third kappa shape index (κ3) is 3.08. The summed E-state index contributed by atoms with van der Waals surface area (Å²) in [5, 5.41) is 4.25. The van der Waals surface area contributed by atoms with Gasteiger partial charge in [-0.05, 0) is 50.5 Å². The molecule has 0 fully saturated rings. The van der Waals surface area contributed by atoms with Gasteiger partial charge in [-0.25, -0.2) is 0 Å². The van der Waals surface area contributed by atoms with Crippen LogP contribution in [-0.2, 0) is 6.42 Å². The van der Waals surface area contributed by atoms with Gasteiger partial charge in [0.05, 0.1) is 11.1 Å². The van der Waals surface area contributed by atoms with Crippen LogP contribution in [-0.4, -0.2) is 6.61 Å². The molecule has 1 heterocycles. The van der Waals surface area contributed by atoms with Crippen LogP contribution in [0.25, 0.3) is 0 Å². The Morgan fingerprint density at radius 3 is 2.80 bits per heavy atom. The Bertz CT molecular complexity index is 411. The molecule has 2 aromatic rings. The van der Waals surface area contributed by atoms with Crippen LogP contribution in [0.1, 0.15) is 5.56 Å². The van der Waals surface area contributed by atoms with E-state index >= 15 is 0 Å². The monoisotopic (exact) mass is 282 g/mol. The Hall–Kier alpha value is -0.800. The number of ether oxygens (including phenoxy) is 1. The second-order valence-corrected chi connectivity index (χ2v) is 4.79. The molecule has 0 N–H and O–H groups in total. The van der Waals surface area contributed by atoms with Gasteiger partial charge in [-0.2, -0.15) is 11.3 Å². The van der Waals surface area contributed by atoms with E-state index in [2.05, 4.69) is 32.8 Å². The zero-order valence-corrected chi connectivity index (χ0v) is 10.6. The first-order chi connectivity index (χ1) is 7.36. The van der Waals surface area contributed by atoms with Crippen LogP contribution in [0, 0.1) is 0 Å². The molecule has 0 aliphatic rings. The average molecular weight is 283 g/mol. The molecule has 1 nitrogen and oxygen atoms in total. The van der Waals surface area contributed by atoms with Gasteiger partial charge in [-0.1, -0.05) is 12.1 Å². The Balaban J connectivity index is 1.86. The Morgan fingerprint density at radius 1 is 1.20 bits per heavy atom. The molecule has 0 amide bonds. The fraction of sp³-hybridized carbons (Fsp3) is 0.167. The van der Waals surface area contributed by atoms with Gasteiger partial charge in [0, 0.05) is 6.42 Å². The summed E-state index contributed by atoms with van der Waals surface area (Å²) in [5.41, 5.74) is 1.34. The van der Waals surface area contributed by atoms with E-state index in [1.54, 1.807) is 11.3 Å². The maximum atomic E-state index is 5.67. The van der Waals surface area contributed by atoms with Crippen LogP contribution in [0.5, 0.6) is 5.75 Å². The first-order valence-electron chi connectivity index (χ1n) is 4.74. The molecular weight excluding hydrogens is 272 g/mol. The molecule has 0 atom stereocenters. The topological polar surface area (TPSA) is 9.23 Å². The zero-order valence-electron chi connectivity index (χ0n) is 8.15. The van der Waals surface area contributed by atoms with Crippen LogP contribution >= 0.6 is 27.3 Å². The van der Waals surface area contributed by atoms with Crippen molar-refractivity contribution in [1.82, 2.24) is 0 Å². The van der Waals surface area contributed by atoms with E-state index in [1.165, 1.54) is 5.56 Å².